The van der Waals surface area contributed by atoms with Crippen molar-refractivity contribution in [3.63, 3.8) is 0 Å². The summed E-state index contributed by atoms with van der Waals surface area (Å²) in [4.78, 5) is 21.8. The monoisotopic (exact) mass is 572 g/mol. The fourth-order valence-electron chi connectivity index (χ4n) is 3.19. The molecular weight excluding hydrogens is 540 g/mol. The van der Waals surface area contributed by atoms with Crippen molar-refractivity contribution in [1.82, 2.24) is 25.8 Å². The fourth-order valence-corrected chi connectivity index (χ4v) is 3.19. The Morgan fingerprint density at radius 1 is 1.28 bits per heavy atom. The molecule has 1 fully saturated rings. The van der Waals surface area contributed by atoms with Gasteiger partial charge >= 0.3 is 6.18 Å². The van der Waals surface area contributed by atoms with Gasteiger partial charge in [0.2, 0.25) is 11.8 Å². The molecule has 1 aromatic rings. The van der Waals surface area contributed by atoms with Crippen LogP contribution in [0.5, 0.6) is 5.88 Å². The van der Waals surface area contributed by atoms with Crippen LogP contribution in [0.4, 0.5) is 13.2 Å². The number of pyridine rings is 1. The molecule has 1 saturated heterocycles. The Morgan fingerprint density at radius 3 is 2.62 bits per heavy atom. The molecule has 32 heavy (non-hydrogen) atoms. The van der Waals surface area contributed by atoms with Crippen LogP contribution in [0.2, 0.25) is 0 Å². The lowest BCUT2D eigenvalue weighted by molar-refractivity contribution is -0.139. The lowest BCUT2D eigenvalue weighted by Crippen LogP contribution is -2.50. The van der Waals surface area contributed by atoms with Gasteiger partial charge in [-0.05, 0) is 31.4 Å². The molecule has 0 unspecified atom stereocenters. The third-order valence-corrected chi connectivity index (χ3v) is 4.80. The Kier molecular flexibility index (Phi) is 12.6. The van der Waals surface area contributed by atoms with Crippen LogP contribution in [-0.4, -0.2) is 74.2 Å². The van der Waals surface area contributed by atoms with Gasteiger partial charge in [0.15, 0.2) is 5.96 Å². The molecule has 2 heterocycles. The van der Waals surface area contributed by atoms with Crippen LogP contribution in [0.25, 0.3) is 0 Å². The summed E-state index contributed by atoms with van der Waals surface area (Å²) in [5.74, 6) is 0.169. The van der Waals surface area contributed by atoms with Gasteiger partial charge in [0.1, 0.15) is 12.2 Å². The number of carbonyl (C=O) groups is 1. The van der Waals surface area contributed by atoms with Crippen LogP contribution in [0.15, 0.2) is 23.3 Å². The van der Waals surface area contributed by atoms with Crippen LogP contribution < -0.4 is 20.7 Å². The van der Waals surface area contributed by atoms with Gasteiger partial charge in [-0.15, -0.1) is 24.0 Å². The molecule has 1 amide bonds. The smallest absolute Gasteiger partial charge is 0.421 e. The number of amides is 1. The second kappa shape index (κ2) is 14.3. The molecular formula is C20H32F3IN6O2. The summed E-state index contributed by atoms with van der Waals surface area (Å²) in [5, 5.41) is 9.23. The number of hydrogen-bond donors (Lipinski definition) is 3. The fraction of sp³-hybridized carbons (Fsp3) is 0.650. The summed E-state index contributed by atoms with van der Waals surface area (Å²) < 4.78 is 44.1. The van der Waals surface area contributed by atoms with Gasteiger partial charge in [-0.1, -0.05) is 6.92 Å². The standard InChI is InChI=1S/C20H31F3N6O2.HI/c1-3-8-25-17(30)14-29-11-6-15(7-12-29)28-19(24-2)27-10-13-31-18-16(20(21,22)23)5-4-9-26-18;/h4-5,9,15H,3,6-8,10-14H2,1-2H3,(H,25,30)(H2,24,27,28);1H. The number of aliphatic imine (C=N–C) groups is 1. The predicted octanol–water partition coefficient (Wildman–Crippen LogP) is 2.25. The van der Waals surface area contributed by atoms with Crippen molar-refractivity contribution >= 4 is 35.8 Å². The molecule has 0 atom stereocenters. The van der Waals surface area contributed by atoms with Crippen molar-refractivity contribution in [3.8, 4) is 5.88 Å². The van der Waals surface area contributed by atoms with Crippen LogP contribution in [0, 0.1) is 0 Å². The Balaban J connectivity index is 0.00000512. The van der Waals surface area contributed by atoms with Gasteiger partial charge in [0, 0.05) is 38.9 Å². The Labute approximate surface area is 203 Å². The van der Waals surface area contributed by atoms with Crippen molar-refractivity contribution in [2.24, 2.45) is 4.99 Å². The zero-order valence-corrected chi connectivity index (χ0v) is 20.7. The number of nitrogens with zero attached hydrogens (tertiary/aromatic N) is 3. The maximum absolute atomic E-state index is 13.0. The summed E-state index contributed by atoms with van der Waals surface area (Å²) in [6.45, 7) is 5.00. The van der Waals surface area contributed by atoms with Crippen LogP contribution in [0.1, 0.15) is 31.7 Å². The van der Waals surface area contributed by atoms with E-state index < -0.39 is 17.6 Å². The topological polar surface area (TPSA) is 90.9 Å². The van der Waals surface area contributed by atoms with Crippen molar-refractivity contribution in [2.45, 2.75) is 38.4 Å². The highest BCUT2D eigenvalue weighted by Crippen LogP contribution is 2.34. The third kappa shape index (κ3) is 9.76. The van der Waals surface area contributed by atoms with Gasteiger partial charge in [0.25, 0.3) is 0 Å². The van der Waals surface area contributed by atoms with Crippen molar-refractivity contribution < 1.29 is 22.7 Å². The number of alkyl halides is 3. The molecule has 182 valence electrons. The molecule has 3 N–H and O–H groups in total. The van der Waals surface area contributed by atoms with E-state index in [1.807, 2.05) is 6.92 Å². The molecule has 8 nitrogen and oxygen atoms in total. The minimum absolute atomic E-state index is 0. The normalized spacial score (nSPS) is 15.6. The predicted molar refractivity (Wildman–Crippen MR) is 127 cm³/mol. The quantitative estimate of drug-likeness (QED) is 0.182. The van der Waals surface area contributed by atoms with Gasteiger partial charge in [-0.3, -0.25) is 14.7 Å². The molecule has 0 radical (unpaired) electrons. The molecule has 1 aromatic heterocycles. The molecule has 0 aliphatic carbocycles. The van der Waals surface area contributed by atoms with E-state index in [-0.39, 0.29) is 49.1 Å². The molecule has 1 aliphatic rings. The number of hydrogen-bond acceptors (Lipinski definition) is 5. The van der Waals surface area contributed by atoms with Crippen LogP contribution in [0.3, 0.4) is 0 Å². The molecule has 0 aromatic carbocycles. The van der Waals surface area contributed by atoms with E-state index in [2.05, 4.69) is 30.8 Å². The van der Waals surface area contributed by atoms with Gasteiger partial charge in [-0.25, -0.2) is 4.98 Å². The highest BCUT2D eigenvalue weighted by atomic mass is 127. The number of halogens is 4. The summed E-state index contributed by atoms with van der Waals surface area (Å²) in [5.41, 5.74) is -0.896. The number of carbonyl (C=O) groups excluding carboxylic acids is 1. The molecule has 0 spiro atoms. The zero-order chi connectivity index (χ0) is 22.7. The van der Waals surface area contributed by atoms with Crippen LogP contribution >= 0.6 is 24.0 Å². The highest BCUT2D eigenvalue weighted by Gasteiger charge is 2.35. The van der Waals surface area contributed by atoms with E-state index in [1.54, 1.807) is 7.05 Å². The number of piperidine rings is 1. The molecule has 0 saturated carbocycles. The number of likely N-dealkylation sites (tertiary alicyclic amines) is 1. The van der Waals surface area contributed by atoms with E-state index in [4.69, 9.17) is 4.74 Å². The Bertz CT molecular complexity index is 728. The lowest BCUT2D eigenvalue weighted by atomic mass is 10.1. The minimum atomic E-state index is -4.51. The highest BCUT2D eigenvalue weighted by molar-refractivity contribution is 14.0. The van der Waals surface area contributed by atoms with Gasteiger partial charge in [-0.2, -0.15) is 13.2 Å². The number of rotatable bonds is 9. The first-order valence-electron chi connectivity index (χ1n) is 10.4. The van der Waals surface area contributed by atoms with Gasteiger partial charge in [0.05, 0.1) is 13.1 Å². The lowest BCUT2D eigenvalue weighted by Gasteiger charge is -2.32. The second-order valence-electron chi connectivity index (χ2n) is 7.25. The minimum Gasteiger partial charge on any atom is -0.475 e. The third-order valence-electron chi connectivity index (χ3n) is 4.80. The molecule has 1 aliphatic heterocycles. The van der Waals surface area contributed by atoms with Crippen molar-refractivity contribution in [2.75, 3.05) is 46.4 Å². The van der Waals surface area contributed by atoms with Crippen molar-refractivity contribution in [3.05, 3.63) is 23.9 Å². The number of aromatic nitrogens is 1. The maximum atomic E-state index is 13.0. The Morgan fingerprint density at radius 2 is 2.00 bits per heavy atom. The average molecular weight is 572 g/mol. The van der Waals surface area contributed by atoms with Gasteiger partial charge < -0.3 is 20.7 Å². The first-order valence-corrected chi connectivity index (χ1v) is 10.4. The summed E-state index contributed by atoms with van der Waals surface area (Å²) >= 11 is 0. The molecule has 0 bridgehead atoms. The van der Waals surface area contributed by atoms with E-state index in [0.29, 0.717) is 19.0 Å². The average Bonchev–Trinajstić information content (AvgIpc) is 2.75. The largest absolute Gasteiger partial charge is 0.475 e. The first-order chi connectivity index (χ1) is 14.8. The second-order valence-corrected chi connectivity index (χ2v) is 7.25. The summed E-state index contributed by atoms with van der Waals surface area (Å²) in [6.07, 6.45) is -0.610. The van der Waals surface area contributed by atoms with Crippen molar-refractivity contribution in [1.29, 1.82) is 0 Å². The van der Waals surface area contributed by atoms with E-state index in [0.717, 1.165) is 38.4 Å². The molecule has 2 rings (SSSR count). The van der Waals surface area contributed by atoms with Crippen LogP contribution in [-0.2, 0) is 11.0 Å². The SMILES string of the molecule is CCCNC(=O)CN1CCC(NC(=NC)NCCOc2ncccc2C(F)(F)F)CC1.I. The van der Waals surface area contributed by atoms with E-state index >= 15 is 0 Å². The summed E-state index contributed by atoms with van der Waals surface area (Å²) in [6, 6.07) is 2.37. The molecule has 12 heteroatoms. The van der Waals surface area contributed by atoms with E-state index in [1.165, 1.54) is 12.3 Å². The number of ether oxygens (including phenoxy) is 1. The van der Waals surface area contributed by atoms with E-state index in [9.17, 15) is 18.0 Å². The number of nitrogens with one attached hydrogen (secondary N) is 3. The summed E-state index contributed by atoms with van der Waals surface area (Å²) in [7, 11) is 1.63. The maximum Gasteiger partial charge on any atom is 0.421 e. The zero-order valence-electron chi connectivity index (χ0n) is 18.4. The Hall–Kier alpha value is -1.83. The first kappa shape index (κ1) is 28.2. The number of guanidine groups is 1.